The second-order valence-corrected chi connectivity index (χ2v) is 7.88. The van der Waals surface area contributed by atoms with Crippen LogP contribution in [0.3, 0.4) is 0 Å². The number of nitrogens with zero attached hydrogens (tertiary/aromatic N) is 5. The first-order valence-corrected chi connectivity index (χ1v) is 10.3. The van der Waals surface area contributed by atoms with Gasteiger partial charge in [-0.15, -0.1) is 16.4 Å². The Kier molecular flexibility index (Phi) is 5.08. The number of carbonyl (C=O) groups excluding carboxylic acids is 1. The van der Waals surface area contributed by atoms with Crippen LogP contribution < -0.4 is 10.9 Å². The molecule has 1 saturated carbocycles. The summed E-state index contributed by atoms with van der Waals surface area (Å²) in [6.07, 6.45) is 3.18. The monoisotopic (exact) mass is 398 g/mol. The third kappa shape index (κ3) is 3.75. The van der Waals surface area contributed by atoms with Crippen molar-refractivity contribution in [3.63, 3.8) is 0 Å². The van der Waals surface area contributed by atoms with E-state index >= 15 is 0 Å². The van der Waals surface area contributed by atoms with E-state index in [1.165, 1.54) is 11.3 Å². The van der Waals surface area contributed by atoms with E-state index in [1.807, 2.05) is 19.9 Å². The first-order chi connectivity index (χ1) is 13.5. The number of rotatable bonds is 4. The van der Waals surface area contributed by atoms with E-state index in [0.717, 1.165) is 37.1 Å². The fourth-order valence-corrected chi connectivity index (χ4v) is 4.23. The predicted octanol–water partition coefficient (Wildman–Crippen LogP) is 2.42. The Morgan fingerprint density at radius 3 is 2.61 bits per heavy atom. The molecule has 0 saturated heterocycles. The molecule has 1 fully saturated rings. The van der Waals surface area contributed by atoms with Crippen molar-refractivity contribution in [3.8, 4) is 5.82 Å². The van der Waals surface area contributed by atoms with E-state index < -0.39 is 0 Å². The van der Waals surface area contributed by atoms with E-state index in [2.05, 4.69) is 20.5 Å². The van der Waals surface area contributed by atoms with E-state index in [4.69, 9.17) is 0 Å². The lowest BCUT2D eigenvalue weighted by molar-refractivity contribution is 0.0917. The minimum absolute atomic E-state index is 0.0249. The van der Waals surface area contributed by atoms with Crippen LogP contribution in [0.5, 0.6) is 0 Å². The summed E-state index contributed by atoms with van der Waals surface area (Å²) in [6, 6.07) is 5.36. The van der Waals surface area contributed by atoms with Gasteiger partial charge >= 0.3 is 0 Å². The molecule has 3 aromatic heterocycles. The quantitative estimate of drug-likeness (QED) is 0.728. The highest BCUT2D eigenvalue weighted by atomic mass is 32.1. The lowest BCUT2D eigenvalue weighted by Crippen LogP contribution is -2.39. The Hall–Kier alpha value is -2.81. The summed E-state index contributed by atoms with van der Waals surface area (Å²) in [7, 11) is 0. The van der Waals surface area contributed by atoms with Gasteiger partial charge in [0.2, 0.25) is 0 Å². The lowest BCUT2D eigenvalue weighted by Gasteiger charge is -2.29. The smallest absolute Gasteiger partial charge is 0.270 e. The summed E-state index contributed by atoms with van der Waals surface area (Å²) in [5.41, 5.74) is 3.89. The largest absolute Gasteiger partial charge is 0.348 e. The van der Waals surface area contributed by atoms with Gasteiger partial charge in [-0.25, -0.2) is 14.3 Å². The molecule has 1 aliphatic carbocycles. The van der Waals surface area contributed by atoms with E-state index in [0.29, 0.717) is 11.5 Å². The molecule has 28 heavy (non-hydrogen) atoms. The topological polar surface area (TPSA) is 94.7 Å². The third-order valence-electron chi connectivity index (χ3n) is 5.08. The molecule has 1 amide bonds. The number of nitrogens with one attached hydrogen (secondary N) is 1. The predicted molar refractivity (Wildman–Crippen MR) is 106 cm³/mol. The molecule has 1 aliphatic rings. The molecular formula is C19H22N6O2S. The summed E-state index contributed by atoms with van der Waals surface area (Å²) >= 11 is 1.41. The Morgan fingerprint density at radius 2 is 1.96 bits per heavy atom. The van der Waals surface area contributed by atoms with Crippen LogP contribution in [0.15, 0.2) is 33.9 Å². The minimum atomic E-state index is -0.133. The molecule has 0 aromatic carbocycles. The number of hydrogen-bond donors (Lipinski definition) is 1. The molecule has 3 heterocycles. The first kappa shape index (κ1) is 18.5. The summed E-state index contributed by atoms with van der Waals surface area (Å²) < 4.78 is 3.33. The van der Waals surface area contributed by atoms with Crippen LogP contribution >= 0.6 is 11.3 Å². The van der Waals surface area contributed by atoms with Crippen molar-refractivity contribution in [2.24, 2.45) is 0 Å². The van der Waals surface area contributed by atoms with Gasteiger partial charge in [-0.1, -0.05) is 0 Å². The Morgan fingerprint density at radius 1 is 1.18 bits per heavy atom. The zero-order valence-electron chi connectivity index (χ0n) is 15.8. The van der Waals surface area contributed by atoms with Crippen molar-refractivity contribution < 1.29 is 4.79 Å². The van der Waals surface area contributed by atoms with Crippen LogP contribution in [0.2, 0.25) is 0 Å². The van der Waals surface area contributed by atoms with Gasteiger partial charge in [-0.05, 0) is 51.7 Å². The maximum absolute atomic E-state index is 12.4. The highest BCUT2D eigenvalue weighted by Gasteiger charge is 2.25. The average Bonchev–Trinajstić information content (AvgIpc) is 3.33. The second kappa shape index (κ2) is 7.67. The lowest BCUT2D eigenvalue weighted by atomic mass is 9.91. The minimum Gasteiger partial charge on any atom is -0.348 e. The van der Waals surface area contributed by atoms with Crippen molar-refractivity contribution in [1.82, 2.24) is 29.9 Å². The molecule has 8 nitrogen and oxygen atoms in total. The molecule has 0 unspecified atom stereocenters. The molecule has 0 spiro atoms. The van der Waals surface area contributed by atoms with Gasteiger partial charge in [-0.2, -0.15) is 5.10 Å². The Balaban J connectivity index is 1.46. The van der Waals surface area contributed by atoms with Gasteiger partial charge in [0.05, 0.1) is 17.2 Å². The van der Waals surface area contributed by atoms with Crippen molar-refractivity contribution in [3.05, 3.63) is 56.5 Å². The van der Waals surface area contributed by atoms with Gasteiger partial charge in [0, 0.05) is 23.2 Å². The van der Waals surface area contributed by atoms with E-state index in [1.54, 1.807) is 32.4 Å². The number of carbonyl (C=O) groups is 1. The molecule has 0 aliphatic heterocycles. The maximum Gasteiger partial charge on any atom is 0.270 e. The summed E-state index contributed by atoms with van der Waals surface area (Å²) in [6.45, 7) is 3.90. The molecule has 0 radical (unpaired) electrons. The number of thiazole rings is 1. The van der Waals surface area contributed by atoms with Gasteiger partial charge in [0.15, 0.2) is 5.82 Å². The normalized spacial score (nSPS) is 19.5. The fraction of sp³-hybridized carbons (Fsp3) is 0.421. The zero-order valence-corrected chi connectivity index (χ0v) is 16.6. The van der Waals surface area contributed by atoms with Crippen molar-refractivity contribution in [2.45, 2.75) is 51.6 Å². The Bertz CT molecular complexity index is 1030. The standard InChI is InChI=1S/C19H22N6O2S/c1-12-9-13(2)24(22-12)17-7-8-18(26)25(23-17)15-5-3-14(4-6-15)21-19(27)16-10-28-11-20-16/h7-11,14-15H,3-6H2,1-2H3,(H,21,27). The van der Waals surface area contributed by atoms with Crippen molar-refractivity contribution in [2.75, 3.05) is 0 Å². The van der Waals surface area contributed by atoms with Crippen LogP contribution in [-0.4, -0.2) is 36.5 Å². The summed E-state index contributed by atoms with van der Waals surface area (Å²) in [5.74, 6) is 0.510. The molecule has 9 heteroatoms. The highest BCUT2D eigenvalue weighted by molar-refractivity contribution is 7.07. The van der Waals surface area contributed by atoms with Crippen LogP contribution in [0.4, 0.5) is 0 Å². The highest BCUT2D eigenvalue weighted by Crippen LogP contribution is 2.27. The van der Waals surface area contributed by atoms with Gasteiger partial charge in [-0.3, -0.25) is 9.59 Å². The number of amides is 1. The van der Waals surface area contributed by atoms with Crippen LogP contribution in [-0.2, 0) is 0 Å². The molecule has 0 atom stereocenters. The van der Waals surface area contributed by atoms with Gasteiger partial charge < -0.3 is 5.32 Å². The van der Waals surface area contributed by atoms with Crippen molar-refractivity contribution in [1.29, 1.82) is 0 Å². The number of aromatic nitrogens is 5. The van der Waals surface area contributed by atoms with E-state index in [-0.39, 0.29) is 23.6 Å². The molecule has 146 valence electrons. The van der Waals surface area contributed by atoms with Crippen LogP contribution in [0.25, 0.3) is 5.82 Å². The SMILES string of the molecule is Cc1cc(C)n(-c2ccc(=O)n(C3CCC(NC(=O)c4cscn4)CC3)n2)n1. The number of aryl methyl sites for hydroxylation is 2. The van der Waals surface area contributed by atoms with Crippen LogP contribution in [0.1, 0.15) is 53.6 Å². The Labute approximate surface area is 166 Å². The zero-order chi connectivity index (χ0) is 19.7. The van der Waals surface area contributed by atoms with Crippen molar-refractivity contribution >= 4 is 17.2 Å². The first-order valence-electron chi connectivity index (χ1n) is 9.34. The third-order valence-corrected chi connectivity index (χ3v) is 5.67. The molecular weight excluding hydrogens is 376 g/mol. The average molecular weight is 398 g/mol. The second-order valence-electron chi connectivity index (χ2n) is 7.17. The van der Waals surface area contributed by atoms with E-state index in [9.17, 15) is 9.59 Å². The fourth-order valence-electron chi connectivity index (χ4n) is 3.70. The number of hydrogen-bond acceptors (Lipinski definition) is 6. The maximum atomic E-state index is 12.4. The van der Waals surface area contributed by atoms with Gasteiger partial charge in [0.1, 0.15) is 5.69 Å². The summed E-state index contributed by atoms with van der Waals surface area (Å²) in [5, 5.41) is 13.8. The van der Waals surface area contributed by atoms with Gasteiger partial charge in [0.25, 0.3) is 11.5 Å². The summed E-state index contributed by atoms with van der Waals surface area (Å²) in [4.78, 5) is 28.6. The van der Waals surface area contributed by atoms with Crippen LogP contribution in [0, 0.1) is 13.8 Å². The molecule has 4 rings (SSSR count). The molecule has 3 aromatic rings. The molecule has 0 bridgehead atoms. The molecule has 1 N–H and O–H groups in total.